The number of benzene rings is 1. The van der Waals surface area contributed by atoms with E-state index in [1.807, 2.05) is 6.07 Å². The molecule has 8 heteroatoms. The molecule has 0 saturated carbocycles. The first kappa shape index (κ1) is 21.0. The summed E-state index contributed by atoms with van der Waals surface area (Å²) < 4.78 is 34.6. The molecule has 0 amide bonds. The molecule has 1 heterocycles. The third kappa shape index (κ3) is 6.71. The summed E-state index contributed by atoms with van der Waals surface area (Å²) in [6, 6.07) is 7.15. The van der Waals surface area contributed by atoms with Crippen LogP contribution in [-0.2, 0) is 6.42 Å². The lowest BCUT2D eigenvalue weighted by Crippen LogP contribution is -2.39. The smallest absolute Gasteiger partial charge is 0.387 e. The van der Waals surface area contributed by atoms with Crippen LogP contribution in [0.2, 0.25) is 0 Å². The normalized spacial score (nSPS) is 12.7. The van der Waals surface area contributed by atoms with Crippen LogP contribution in [0, 0.1) is 0 Å². The molecule has 2 N–H and O–H groups in total. The molecule has 0 radical (unpaired) electrons. The van der Waals surface area contributed by atoms with Crippen LogP contribution in [0.1, 0.15) is 24.0 Å². The van der Waals surface area contributed by atoms with E-state index in [1.54, 1.807) is 30.5 Å². The zero-order valence-electron chi connectivity index (χ0n) is 15.7. The zero-order chi connectivity index (χ0) is 19.6. The maximum Gasteiger partial charge on any atom is 0.387 e. The SMILES string of the molecule is CN=C(NCCc1ccc(OC)c(OC(F)F)c1)NCC(C)c1ccsc1. The minimum Gasteiger partial charge on any atom is -0.493 e. The summed E-state index contributed by atoms with van der Waals surface area (Å²) in [6.45, 7) is 0.642. The minimum absolute atomic E-state index is 0.0390. The molecule has 1 atom stereocenters. The first-order chi connectivity index (χ1) is 13.0. The number of aliphatic imine (C=N–C) groups is 1. The van der Waals surface area contributed by atoms with E-state index in [0.29, 0.717) is 24.8 Å². The molecule has 1 unspecified atom stereocenters. The number of nitrogens with zero attached hydrogens (tertiary/aromatic N) is 1. The van der Waals surface area contributed by atoms with Gasteiger partial charge in [-0.25, -0.2) is 0 Å². The number of hydrogen-bond donors (Lipinski definition) is 2. The van der Waals surface area contributed by atoms with Crippen LogP contribution in [0.25, 0.3) is 0 Å². The number of hydrogen-bond acceptors (Lipinski definition) is 4. The Kier molecular flexibility index (Phi) is 8.32. The molecule has 0 aliphatic heterocycles. The number of ether oxygens (including phenoxy) is 2. The second kappa shape index (κ2) is 10.7. The predicted molar refractivity (Wildman–Crippen MR) is 105 cm³/mol. The van der Waals surface area contributed by atoms with Gasteiger partial charge in [0.05, 0.1) is 7.11 Å². The van der Waals surface area contributed by atoms with Gasteiger partial charge in [-0.1, -0.05) is 13.0 Å². The van der Waals surface area contributed by atoms with Gasteiger partial charge < -0.3 is 20.1 Å². The minimum atomic E-state index is -2.89. The molecular weight excluding hydrogens is 372 g/mol. The Labute approximate surface area is 162 Å². The monoisotopic (exact) mass is 397 g/mol. The summed E-state index contributed by atoms with van der Waals surface area (Å²) in [4.78, 5) is 4.21. The summed E-state index contributed by atoms with van der Waals surface area (Å²) in [5, 5.41) is 10.7. The summed E-state index contributed by atoms with van der Waals surface area (Å²) in [5.41, 5.74) is 2.16. The maximum atomic E-state index is 12.5. The van der Waals surface area contributed by atoms with Crippen molar-refractivity contribution < 1.29 is 18.3 Å². The van der Waals surface area contributed by atoms with Crippen molar-refractivity contribution in [3.8, 4) is 11.5 Å². The van der Waals surface area contributed by atoms with Gasteiger partial charge in [0.2, 0.25) is 0 Å². The summed E-state index contributed by atoms with van der Waals surface area (Å²) in [7, 11) is 3.13. The van der Waals surface area contributed by atoms with Crippen molar-refractivity contribution in [3.63, 3.8) is 0 Å². The van der Waals surface area contributed by atoms with Crippen molar-refractivity contribution in [3.05, 3.63) is 46.2 Å². The highest BCUT2D eigenvalue weighted by atomic mass is 32.1. The molecule has 0 aliphatic carbocycles. The average Bonchev–Trinajstić information content (AvgIpc) is 3.19. The number of alkyl halides is 2. The fourth-order valence-corrected chi connectivity index (χ4v) is 3.32. The molecule has 27 heavy (non-hydrogen) atoms. The lowest BCUT2D eigenvalue weighted by molar-refractivity contribution is -0.0512. The number of nitrogens with one attached hydrogen (secondary N) is 2. The molecule has 0 saturated heterocycles. The lowest BCUT2D eigenvalue weighted by atomic mass is 10.1. The highest BCUT2D eigenvalue weighted by molar-refractivity contribution is 7.07. The molecule has 0 bridgehead atoms. The van der Waals surface area contributed by atoms with Crippen LogP contribution in [0.4, 0.5) is 8.78 Å². The Bertz CT molecular complexity index is 724. The largest absolute Gasteiger partial charge is 0.493 e. The van der Waals surface area contributed by atoms with Crippen LogP contribution in [-0.4, -0.2) is 39.8 Å². The van der Waals surface area contributed by atoms with Crippen LogP contribution < -0.4 is 20.1 Å². The molecule has 5 nitrogen and oxygen atoms in total. The van der Waals surface area contributed by atoms with Crippen LogP contribution >= 0.6 is 11.3 Å². The zero-order valence-corrected chi connectivity index (χ0v) is 16.5. The Morgan fingerprint density at radius 2 is 2.04 bits per heavy atom. The average molecular weight is 397 g/mol. The van der Waals surface area contributed by atoms with Gasteiger partial charge in [0.15, 0.2) is 17.5 Å². The molecule has 1 aromatic heterocycles. The van der Waals surface area contributed by atoms with Crippen molar-refractivity contribution in [2.75, 3.05) is 27.2 Å². The standard InChI is InChI=1S/C19H25F2N3O2S/c1-13(15-7-9-27-12-15)11-24-19(22-2)23-8-6-14-4-5-16(25-3)17(10-14)26-18(20)21/h4-5,7,9-10,12-13,18H,6,8,11H2,1-3H3,(H2,22,23,24). The number of halogens is 2. The van der Waals surface area contributed by atoms with E-state index in [9.17, 15) is 8.78 Å². The lowest BCUT2D eigenvalue weighted by Gasteiger charge is -2.16. The molecule has 148 valence electrons. The fraction of sp³-hybridized carbons (Fsp3) is 0.421. The topological polar surface area (TPSA) is 54.9 Å². The van der Waals surface area contributed by atoms with E-state index in [-0.39, 0.29) is 11.5 Å². The Balaban J connectivity index is 1.83. The van der Waals surface area contributed by atoms with Crippen LogP contribution in [0.3, 0.4) is 0 Å². The third-order valence-corrected chi connectivity index (χ3v) is 4.76. The highest BCUT2D eigenvalue weighted by Crippen LogP contribution is 2.29. The summed E-state index contributed by atoms with van der Waals surface area (Å²) in [5.74, 6) is 1.41. The van der Waals surface area contributed by atoms with E-state index >= 15 is 0 Å². The van der Waals surface area contributed by atoms with Gasteiger partial charge in [-0.3, -0.25) is 4.99 Å². The first-order valence-electron chi connectivity index (χ1n) is 8.61. The maximum absolute atomic E-state index is 12.5. The van der Waals surface area contributed by atoms with E-state index < -0.39 is 6.61 Å². The number of thiophene rings is 1. The number of methoxy groups -OCH3 is 1. The van der Waals surface area contributed by atoms with E-state index in [2.05, 4.69) is 44.1 Å². The molecule has 2 rings (SSSR count). The molecule has 1 aromatic carbocycles. The third-order valence-electron chi connectivity index (χ3n) is 4.06. The van der Waals surface area contributed by atoms with Crippen molar-refractivity contribution in [1.82, 2.24) is 10.6 Å². The second-order valence-corrected chi connectivity index (χ2v) is 6.73. The van der Waals surface area contributed by atoms with Crippen LogP contribution in [0.5, 0.6) is 11.5 Å². The van der Waals surface area contributed by atoms with Crippen molar-refractivity contribution in [2.45, 2.75) is 25.9 Å². The van der Waals surface area contributed by atoms with Gasteiger partial charge in [0, 0.05) is 20.1 Å². The van der Waals surface area contributed by atoms with Gasteiger partial charge in [-0.05, 0) is 52.4 Å². The van der Waals surface area contributed by atoms with E-state index in [4.69, 9.17) is 4.74 Å². The van der Waals surface area contributed by atoms with Crippen molar-refractivity contribution in [2.24, 2.45) is 4.99 Å². The molecule has 0 aliphatic rings. The van der Waals surface area contributed by atoms with Gasteiger partial charge >= 0.3 is 6.61 Å². The van der Waals surface area contributed by atoms with Gasteiger partial charge in [-0.2, -0.15) is 20.1 Å². The van der Waals surface area contributed by atoms with Crippen molar-refractivity contribution >= 4 is 17.3 Å². The summed E-state index contributed by atoms with van der Waals surface area (Å²) >= 11 is 1.69. The van der Waals surface area contributed by atoms with Gasteiger partial charge in [-0.15, -0.1) is 0 Å². The molecule has 0 fully saturated rings. The number of guanidine groups is 1. The molecule has 2 aromatic rings. The quantitative estimate of drug-likeness (QED) is 0.498. The fourth-order valence-electron chi connectivity index (χ4n) is 2.53. The Hall–Kier alpha value is -2.35. The first-order valence-corrected chi connectivity index (χ1v) is 9.56. The van der Waals surface area contributed by atoms with Crippen LogP contribution in [0.15, 0.2) is 40.0 Å². The van der Waals surface area contributed by atoms with Crippen molar-refractivity contribution in [1.29, 1.82) is 0 Å². The molecule has 0 spiro atoms. The van der Waals surface area contributed by atoms with E-state index in [0.717, 1.165) is 12.1 Å². The Morgan fingerprint density at radius 3 is 2.67 bits per heavy atom. The predicted octanol–water partition coefficient (Wildman–Crippen LogP) is 3.87. The van der Waals surface area contributed by atoms with E-state index in [1.165, 1.54) is 12.7 Å². The summed E-state index contributed by atoms with van der Waals surface area (Å²) in [6.07, 6.45) is 0.629. The highest BCUT2D eigenvalue weighted by Gasteiger charge is 2.11. The number of rotatable bonds is 9. The van der Waals surface area contributed by atoms with Gasteiger partial charge in [0.1, 0.15) is 0 Å². The molecular formula is C19H25F2N3O2S. The van der Waals surface area contributed by atoms with Gasteiger partial charge in [0.25, 0.3) is 0 Å². The second-order valence-electron chi connectivity index (χ2n) is 5.95. The Morgan fingerprint density at radius 1 is 1.22 bits per heavy atom.